The number of likely N-dealkylation sites (tertiary alicyclic amines) is 1. The smallest absolute Gasteiger partial charge is 0.322 e. The van der Waals surface area contributed by atoms with Crippen LogP contribution in [0.25, 0.3) is 0 Å². The van der Waals surface area contributed by atoms with Gasteiger partial charge in [0.05, 0.1) is 49.8 Å². The van der Waals surface area contributed by atoms with Gasteiger partial charge in [-0.25, -0.2) is 0 Å². The van der Waals surface area contributed by atoms with Crippen LogP contribution in [0, 0.1) is 11.8 Å². The summed E-state index contributed by atoms with van der Waals surface area (Å²) >= 11 is 0. The Morgan fingerprint density at radius 2 is 1.62 bits per heavy atom. The zero-order valence-corrected chi connectivity index (χ0v) is 26.3. The van der Waals surface area contributed by atoms with Gasteiger partial charge in [-0.3, -0.25) is 28.9 Å². The molecule has 242 valence electrons. The van der Waals surface area contributed by atoms with Crippen LogP contribution in [-0.2, 0) is 33.4 Å². The first-order valence-corrected chi connectivity index (χ1v) is 14.4. The van der Waals surface area contributed by atoms with E-state index in [4.69, 9.17) is 14.6 Å². The number of hydrogen-bond acceptors (Lipinski definition) is 9. The van der Waals surface area contributed by atoms with Crippen molar-refractivity contribution >= 4 is 29.6 Å². The van der Waals surface area contributed by atoms with Crippen molar-refractivity contribution in [3.05, 3.63) is 0 Å². The van der Waals surface area contributed by atoms with E-state index in [1.54, 1.807) is 37.9 Å². The third-order valence-electron chi connectivity index (χ3n) is 8.23. The number of rotatable bonds is 18. The normalized spacial score (nSPS) is 19.4. The number of carbonyl (C=O) groups excluding carboxylic acids is 4. The summed E-state index contributed by atoms with van der Waals surface area (Å²) in [6.07, 6.45) is 0.725. The summed E-state index contributed by atoms with van der Waals surface area (Å²) < 4.78 is 11.4. The number of carbonyl (C=O) groups is 5. The molecule has 0 aromatic heterocycles. The number of methoxy groups -OCH3 is 2. The number of carboxylic acids is 1. The molecule has 1 heterocycles. The van der Waals surface area contributed by atoms with Crippen molar-refractivity contribution in [2.45, 2.75) is 76.8 Å². The lowest BCUT2D eigenvalue weighted by Crippen LogP contribution is -2.55. The monoisotopic (exact) mass is 601 g/mol. The third-order valence-corrected chi connectivity index (χ3v) is 8.23. The summed E-state index contributed by atoms with van der Waals surface area (Å²) in [6, 6.07) is -1.65. The maximum Gasteiger partial charge on any atom is 0.322 e. The van der Waals surface area contributed by atoms with Gasteiger partial charge in [-0.05, 0) is 32.9 Å². The summed E-state index contributed by atoms with van der Waals surface area (Å²) in [6.45, 7) is 4.88. The first kappa shape index (κ1) is 37.2. The molecule has 1 aliphatic rings. The van der Waals surface area contributed by atoms with Crippen LogP contribution in [0.4, 0.5) is 0 Å². The Kier molecular flexibility index (Phi) is 15.9. The van der Waals surface area contributed by atoms with Crippen molar-refractivity contribution in [1.29, 1.82) is 0 Å². The van der Waals surface area contributed by atoms with Gasteiger partial charge in [0, 0.05) is 27.8 Å². The maximum absolute atomic E-state index is 13.7. The number of nitrogens with one attached hydrogen (secondary N) is 2. The van der Waals surface area contributed by atoms with Gasteiger partial charge >= 0.3 is 5.97 Å². The quantitative estimate of drug-likeness (QED) is 0.155. The van der Waals surface area contributed by atoms with E-state index in [1.807, 2.05) is 13.8 Å². The van der Waals surface area contributed by atoms with E-state index >= 15 is 0 Å². The predicted molar refractivity (Wildman–Crippen MR) is 154 cm³/mol. The van der Waals surface area contributed by atoms with Crippen molar-refractivity contribution in [3.63, 3.8) is 0 Å². The van der Waals surface area contributed by atoms with Crippen LogP contribution < -0.4 is 10.6 Å². The molecule has 7 unspecified atom stereocenters. The van der Waals surface area contributed by atoms with Crippen LogP contribution in [0.1, 0.15) is 46.5 Å². The largest absolute Gasteiger partial charge is 0.480 e. The highest BCUT2D eigenvalue weighted by molar-refractivity contribution is 5.87. The molecule has 14 nitrogen and oxygen atoms in total. The Balaban J connectivity index is 3.05. The van der Waals surface area contributed by atoms with Crippen LogP contribution in [0.15, 0.2) is 0 Å². The fourth-order valence-electron chi connectivity index (χ4n) is 5.54. The molecule has 0 aromatic carbocycles. The van der Waals surface area contributed by atoms with Crippen LogP contribution in [-0.4, -0.2) is 146 Å². The highest BCUT2D eigenvalue weighted by Crippen LogP contribution is 2.29. The molecule has 0 radical (unpaired) electrons. The molecule has 0 saturated carbocycles. The molecule has 0 bridgehead atoms. The zero-order valence-electron chi connectivity index (χ0n) is 26.3. The number of aliphatic carboxylic acids is 1. The molecule has 7 atom stereocenters. The fourth-order valence-corrected chi connectivity index (χ4v) is 5.54. The summed E-state index contributed by atoms with van der Waals surface area (Å²) in [4.78, 5) is 67.5. The number of aliphatic hydroxyl groups excluding tert-OH is 1. The van der Waals surface area contributed by atoms with Gasteiger partial charge < -0.3 is 40.1 Å². The summed E-state index contributed by atoms with van der Waals surface area (Å²) in [5.41, 5.74) is 0. The average molecular weight is 602 g/mol. The van der Waals surface area contributed by atoms with Crippen molar-refractivity contribution in [2.24, 2.45) is 11.8 Å². The zero-order chi connectivity index (χ0) is 32.1. The van der Waals surface area contributed by atoms with Gasteiger partial charge in [-0.2, -0.15) is 0 Å². The lowest BCUT2D eigenvalue weighted by Gasteiger charge is -2.39. The van der Waals surface area contributed by atoms with Gasteiger partial charge in [0.25, 0.3) is 0 Å². The lowest BCUT2D eigenvalue weighted by atomic mass is 9.90. The molecule has 1 rings (SSSR count). The van der Waals surface area contributed by atoms with Gasteiger partial charge in [-0.15, -0.1) is 0 Å². The number of likely N-dealkylation sites (N-methyl/N-ethyl adjacent to an activating group) is 2. The molecular formula is C28H51N5O9. The van der Waals surface area contributed by atoms with E-state index in [-0.39, 0.29) is 37.3 Å². The van der Waals surface area contributed by atoms with E-state index in [2.05, 4.69) is 10.6 Å². The topological polar surface area (TPSA) is 178 Å². The molecule has 4 N–H and O–H groups in total. The first-order valence-electron chi connectivity index (χ1n) is 14.4. The number of carboxylic acid groups (broad SMARTS) is 1. The Morgan fingerprint density at radius 1 is 1.00 bits per heavy atom. The summed E-state index contributed by atoms with van der Waals surface area (Å²) in [7, 11) is 7.88. The molecule has 0 spiro atoms. The minimum atomic E-state index is -1.16. The average Bonchev–Trinajstić information content (AvgIpc) is 3.43. The van der Waals surface area contributed by atoms with E-state index < -0.39 is 60.6 Å². The maximum atomic E-state index is 13.7. The second-order valence-corrected chi connectivity index (χ2v) is 11.1. The molecule has 4 amide bonds. The standard InChI is InChI=1S/C28H51N5O9/c1-9-17(2)25(32(6)23(36)14-29-28(40)20(16-34)31(4)5)21(41-7)13-22(35)33-12-10-11-19(33)26(42-8)18(3)27(39)30-15-24(37)38/h17-21,25-26,34H,9-16H2,1-8H3,(H,29,40)(H,30,39)(H,37,38). The number of ether oxygens (including phenoxy) is 2. The predicted octanol–water partition coefficient (Wildman–Crippen LogP) is -0.854. The lowest BCUT2D eigenvalue weighted by molar-refractivity contribution is -0.146. The van der Waals surface area contributed by atoms with Crippen LogP contribution >= 0.6 is 0 Å². The molecule has 1 aliphatic heterocycles. The molecule has 0 aromatic rings. The Morgan fingerprint density at radius 3 is 2.12 bits per heavy atom. The SMILES string of the molecule is CCC(C)C(C(CC(=O)N1CCCC1C(OC)C(C)C(=O)NCC(=O)O)OC)N(C)C(=O)CNC(=O)C(CO)N(C)C. The second kappa shape index (κ2) is 18.0. The summed E-state index contributed by atoms with van der Waals surface area (Å²) in [5.74, 6) is -3.41. The molecular weight excluding hydrogens is 550 g/mol. The number of hydrogen-bond donors (Lipinski definition) is 4. The Hall–Kier alpha value is -2.81. The van der Waals surface area contributed by atoms with Gasteiger partial charge in [0.2, 0.25) is 23.6 Å². The molecule has 0 aliphatic carbocycles. The highest BCUT2D eigenvalue weighted by Gasteiger charge is 2.42. The summed E-state index contributed by atoms with van der Waals surface area (Å²) in [5, 5.41) is 23.3. The first-order chi connectivity index (χ1) is 19.7. The van der Waals surface area contributed by atoms with Crippen molar-refractivity contribution in [3.8, 4) is 0 Å². The van der Waals surface area contributed by atoms with E-state index in [9.17, 15) is 29.1 Å². The molecule has 42 heavy (non-hydrogen) atoms. The van der Waals surface area contributed by atoms with Crippen LogP contribution in [0.2, 0.25) is 0 Å². The molecule has 1 fully saturated rings. The Labute approximate surface area is 249 Å². The minimum absolute atomic E-state index is 0.0186. The number of amides is 4. The van der Waals surface area contributed by atoms with Crippen LogP contribution in [0.5, 0.6) is 0 Å². The van der Waals surface area contributed by atoms with Gasteiger partial charge in [-0.1, -0.05) is 27.2 Å². The Bertz CT molecular complexity index is 918. The molecule has 14 heteroatoms. The highest BCUT2D eigenvalue weighted by atomic mass is 16.5. The third kappa shape index (κ3) is 10.2. The van der Waals surface area contributed by atoms with E-state index in [0.29, 0.717) is 25.8 Å². The van der Waals surface area contributed by atoms with Gasteiger partial charge in [0.1, 0.15) is 12.6 Å². The second-order valence-electron chi connectivity index (χ2n) is 11.1. The number of aliphatic hydroxyl groups is 1. The van der Waals surface area contributed by atoms with Crippen molar-refractivity contribution < 1.29 is 43.7 Å². The van der Waals surface area contributed by atoms with Crippen molar-refractivity contribution in [2.75, 3.05) is 61.6 Å². The minimum Gasteiger partial charge on any atom is -0.480 e. The number of nitrogens with zero attached hydrogens (tertiary/aromatic N) is 3. The fraction of sp³-hybridized carbons (Fsp3) is 0.821. The van der Waals surface area contributed by atoms with Gasteiger partial charge in [0.15, 0.2) is 0 Å². The molecule has 1 saturated heterocycles. The van der Waals surface area contributed by atoms with E-state index in [1.165, 1.54) is 19.1 Å². The van der Waals surface area contributed by atoms with Crippen molar-refractivity contribution in [1.82, 2.24) is 25.3 Å². The van der Waals surface area contributed by atoms with Crippen LogP contribution in [0.3, 0.4) is 0 Å². The van der Waals surface area contributed by atoms with E-state index in [0.717, 1.165) is 0 Å².